The minimum absolute atomic E-state index is 0.0228. The van der Waals surface area contributed by atoms with Crippen molar-refractivity contribution in [3.05, 3.63) is 12.2 Å². The van der Waals surface area contributed by atoms with Gasteiger partial charge in [-0.1, -0.05) is 12.2 Å². The maximum absolute atomic E-state index is 11.8. The highest BCUT2D eigenvalue weighted by molar-refractivity contribution is 5.81. The lowest BCUT2D eigenvalue weighted by Gasteiger charge is -2.20. The van der Waals surface area contributed by atoms with Gasteiger partial charge in [-0.3, -0.25) is 9.59 Å². The summed E-state index contributed by atoms with van der Waals surface area (Å²) in [4.78, 5) is 23.7. The summed E-state index contributed by atoms with van der Waals surface area (Å²) in [6, 6.07) is -0.0265. The Bertz CT molecular complexity index is 302. The zero-order valence-corrected chi connectivity index (χ0v) is 9.43. The third-order valence-electron chi connectivity index (χ3n) is 2.69. The molecule has 0 aliphatic heterocycles. The molecule has 0 heterocycles. The van der Waals surface area contributed by atoms with Gasteiger partial charge in [-0.25, -0.2) is 0 Å². The molecule has 1 aliphatic carbocycles. The van der Waals surface area contributed by atoms with Crippen LogP contribution in [0.15, 0.2) is 12.2 Å². The Balaban J connectivity index is 2.31. The Morgan fingerprint density at radius 1 is 1.50 bits per heavy atom. The van der Waals surface area contributed by atoms with Gasteiger partial charge in [0.1, 0.15) is 0 Å². The maximum atomic E-state index is 11.8. The Labute approximate surface area is 94.9 Å². The molecule has 3 N–H and O–H groups in total. The molecule has 16 heavy (non-hydrogen) atoms. The lowest BCUT2D eigenvalue weighted by molar-refractivity contribution is -0.138. The van der Waals surface area contributed by atoms with E-state index >= 15 is 0 Å². The van der Waals surface area contributed by atoms with E-state index in [0.29, 0.717) is 19.4 Å². The average molecular weight is 226 g/mol. The third kappa shape index (κ3) is 3.66. The lowest BCUT2D eigenvalue weighted by Crippen LogP contribution is -2.33. The zero-order chi connectivity index (χ0) is 12.1. The molecule has 0 radical (unpaired) electrons. The molecular weight excluding hydrogens is 208 g/mol. The van der Waals surface area contributed by atoms with Crippen molar-refractivity contribution in [3.63, 3.8) is 0 Å². The van der Waals surface area contributed by atoms with E-state index in [1.807, 2.05) is 12.2 Å². The van der Waals surface area contributed by atoms with Gasteiger partial charge in [-0.15, -0.1) is 0 Å². The molecule has 0 bridgehead atoms. The van der Waals surface area contributed by atoms with Crippen LogP contribution < -0.4 is 5.73 Å². The molecule has 1 amide bonds. The summed E-state index contributed by atoms with van der Waals surface area (Å²) in [5.41, 5.74) is 5.67. The van der Waals surface area contributed by atoms with E-state index in [4.69, 9.17) is 10.8 Å². The van der Waals surface area contributed by atoms with Crippen LogP contribution in [-0.4, -0.2) is 41.5 Å². The summed E-state index contributed by atoms with van der Waals surface area (Å²) in [5, 5.41) is 8.48. The first-order valence-corrected chi connectivity index (χ1v) is 5.41. The number of rotatable bonds is 5. The van der Waals surface area contributed by atoms with E-state index in [0.717, 1.165) is 0 Å². The monoisotopic (exact) mass is 226 g/mol. The number of aliphatic carboxylic acids is 1. The molecular formula is C11H18N2O3. The highest BCUT2D eigenvalue weighted by Crippen LogP contribution is 2.18. The third-order valence-corrected chi connectivity index (χ3v) is 2.69. The van der Waals surface area contributed by atoms with Crippen molar-refractivity contribution in [1.29, 1.82) is 0 Å². The van der Waals surface area contributed by atoms with E-state index in [-0.39, 0.29) is 24.3 Å². The fourth-order valence-electron chi connectivity index (χ4n) is 1.77. The second-order valence-corrected chi connectivity index (χ2v) is 4.15. The van der Waals surface area contributed by atoms with Gasteiger partial charge in [0, 0.05) is 26.1 Å². The molecule has 0 aromatic heterocycles. The molecule has 2 unspecified atom stereocenters. The summed E-state index contributed by atoms with van der Waals surface area (Å²) in [5.74, 6) is -0.942. The number of carboxylic acid groups (broad SMARTS) is 1. The van der Waals surface area contributed by atoms with Crippen LogP contribution in [0.2, 0.25) is 0 Å². The standard InChI is InChI=1S/C11H18N2O3/c1-13(6-2-3-10(14)15)11(16)8-4-5-9(12)7-8/h4-5,8-9H,2-3,6-7,12H2,1H3,(H,14,15). The molecule has 90 valence electrons. The highest BCUT2D eigenvalue weighted by atomic mass is 16.4. The summed E-state index contributed by atoms with van der Waals surface area (Å²) in [6.07, 6.45) is 4.91. The number of carbonyl (C=O) groups is 2. The molecule has 2 atom stereocenters. The molecule has 1 rings (SSSR count). The number of amides is 1. The Kier molecular flexibility index (Phi) is 4.49. The van der Waals surface area contributed by atoms with Crippen LogP contribution >= 0.6 is 0 Å². The Morgan fingerprint density at radius 2 is 2.19 bits per heavy atom. The molecule has 5 nitrogen and oxygen atoms in total. The number of carbonyl (C=O) groups excluding carboxylic acids is 1. The minimum atomic E-state index is -0.830. The van der Waals surface area contributed by atoms with Crippen LogP contribution in [0.25, 0.3) is 0 Å². The quantitative estimate of drug-likeness (QED) is 0.656. The summed E-state index contributed by atoms with van der Waals surface area (Å²) in [6.45, 7) is 0.477. The minimum Gasteiger partial charge on any atom is -0.481 e. The second kappa shape index (κ2) is 5.65. The number of hydrogen-bond donors (Lipinski definition) is 2. The largest absolute Gasteiger partial charge is 0.481 e. The smallest absolute Gasteiger partial charge is 0.303 e. The number of nitrogens with zero attached hydrogens (tertiary/aromatic N) is 1. The van der Waals surface area contributed by atoms with E-state index in [9.17, 15) is 9.59 Å². The van der Waals surface area contributed by atoms with Crippen molar-refractivity contribution in [2.45, 2.75) is 25.3 Å². The maximum Gasteiger partial charge on any atom is 0.303 e. The summed E-state index contributed by atoms with van der Waals surface area (Å²) < 4.78 is 0. The predicted molar refractivity (Wildman–Crippen MR) is 59.7 cm³/mol. The summed E-state index contributed by atoms with van der Waals surface area (Å²) in [7, 11) is 1.70. The number of carboxylic acids is 1. The molecule has 0 spiro atoms. The van der Waals surface area contributed by atoms with Crippen LogP contribution in [0.1, 0.15) is 19.3 Å². The van der Waals surface area contributed by atoms with Crippen molar-refractivity contribution in [2.75, 3.05) is 13.6 Å². The van der Waals surface area contributed by atoms with Gasteiger partial charge in [0.2, 0.25) is 5.91 Å². The van der Waals surface area contributed by atoms with Crippen molar-refractivity contribution in [1.82, 2.24) is 4.90 Å². The van der Waals surface area contributed by atoms with Crippen LogP contribution in [0.4, 0.5) is 0 Å². The fraction of sp³-hybridized carbons (Fsp3) is 0.636. The normalized spacial score (nSPS) is 23.4. The van der Waals surface area contributed by atoms with Gasteiger partial charge in [-0.05, 0) is 12.8 Å². The summed E-state index contributed by atoms with van der Waals surface area (Å²) >= 11 is 0. The van der Waals surface area contributed by atoms with E-state index in [2.05, 4.69) is 0 Å². The fourth-order valence-corrected chi connectivity index (χ4v) is 1.77. The average Bonchev–Trinajstić information content (AvgIpc) is 2.63. The topological polar surface area (TPSA) is 83.6 Å². The zero-order valence-electron chi connectivity index (χ0n) is 9.43. The van der Waals surface area contributed by atoms with Crippen LogP contribution in [-0.2, 0) is 9.59 Å². The first-order chi connectivity index (χ1) is 7.50. The number of hydrogen-bond acceptors (Lipinski definition) is 3. The molecule has 1 aliphatic rings. The predicted octanol–water partition coefficient (Wildman–Crippen LogP) is 0.213. The highest BCUT2D eigenvalue weighted by Gasteiger charge is 2.25. The van der Waals surface area contributed by atoms with Gasteiger partial charge in [-0.2, -0.15) is 0 Å². The first kappa shape index (κ1) is 12.7. The van der Waals surface area contributed by atoms with Gasteiger partial charge in [0.15, 0.2) is 0 Å². The van der Waals surface area contributed by atoms with E-state index in [1.54, 1.807) is 11.9 Å². The van der Waals surface area contributed by atoms with Crippen LogP contribution in [0.3, 0.4) is 0 Å². The van der Waals surface area contributed by atoms with Gasteiger partial charge < -0.3 is 15.7 Å². The SMILES string of the molecule is CN(CCCC(=O)O)C(=O)C1C=CC(N)C1. The Morgan fingerprint density at radius 3 is 2.69 bits per heavy atom. The molecule has 0 saturated carbocycles. The molecule has 0 saturated heterocycles. The first-order valence-electron chi connectivity index (χ1n) is 5.41. The van der Waals surface area contributed by atoms with Crippen molar-refractivity contribution < 1.29 is 14.7 Å². The molecule has 0 aromatic carbocycles. The number of nitrogens with two attached hydrogens (primary N) is 1. The molecule has 0 fully saturated rings. The molecule has 0 aromatic rings. The van der Waals surface area contributed by atoms with Crippen molar-refractivity contribution >= 4 is 11.9 Å². The van der Waals surface area contributed by atoms with Crippen LogP contribution in [0.5, 0.6) is 0 Å². The van der Waals surface area contributed by atoms with E-state index < -0.39 is 5.97 Å². The van der Waals surface area contributed by atoms with Gasteiger partial charge in [0.25, 0.3) is 0 Å². The Hall–Kier alpha value is -1.36. The van der Waals surface area contributed by atoms with Gasteiger partial charge >= 0.3 is 5.97 Å². The van der Waals surface area contributed by atoms with Crippen molar-refractivity contribution in [3.8, 4) is 0 Å². The van der Waals surface area contributed by atoms with E-state index in [1.165, 1.54) is 0 Å². The van der Waals surface area contributed by atoms with Gasteiger partial charge in [0.05, 0.1) is 5.92 Å². The van der Waals surface area contributed by atoms with Crippen LogP contribution in [0, 0.1) is 5.92 Å². The molecule has 5 heteroatoms. The lowest BCUT2D eigenvalue weighted by atomic mass is 10.1. The second-order valence-electron chi connectivity index (χ2n) is 4.15. The van der Waals surface area contributed by atoms with Crippen molar-refractivity contribution in [2.24, 2.45) is 11.7 Å².